The predicted molar refractivity (Wildman–Crippen MR) is 166 cm³/mol. The Hall–Kier alpha value is -4.84. The summed E-state index contributed by atoms with van der Waals surface area (Å²) in [5.74, 6) is 0.119. The molecule has 1 heterocycles. The Bertz CT molecular complexity index is 1630. The Morgan fingerprint density at radius 2 is 1.38 bits per heavy atom. The Kier molecular flexibility index (Phi) is 9.34. The van der Waals surface area contributed by atoms with Gasteiger partial charge in [0.15, 0.2) is 0 Å². The highest BCUT2D eigenvalue weighted by molar-refractivity contribution is 6.09. The molecular formula is C36H36N2O4. The lowest BCUT2D eigenvalue weighted by Gasteiger charge is -2.19. The molecule has 4 aromatic carbocycles. The van der Waals surface area contributed by atoms with Crippen molar-refractivity contribution in [1.82, 2.24) is 9.47 Å². The molecule has 0 fully saturated rings. The molecule has 1 aromatic heterocycles. The van der Waals surface area contributed by atoms with Crippen LogP contribution >= 0.6 is 0 Å². The predicted octanol–water partition coefficient (Wildman–Crippen LogP) is 6.69. The second-order valence-corrected chi connectivity index (χ2v) is 10.3. The average molecular weight is 561 g/mol. The van der Waals surface area contributed by atoms with Crippen LogP contribution in [0.5, 0.6) is 5.75 Å². The van der Waals surface area contributed by atoms with Gasteiger partial charge < -0.3 is 18.9 Å². The van der Waals surface area contributed by atoms with Crippen LogP contribution in [0.4, 0.5) is 0 Å². The van der Waals surface area contributed by atoms with Gasteiger partial charge in [0.25, 0.3) is 0 Å². The molecule has 5 rings (SSSR count). The quantitative estimate of drug-likeness (QED) is 0.160. The monoisotopic (exact) mass is 560 g/mol. The summed E-state index contributed by atoms with van der Waals surface area (Å²) in [5.41, 5.74) is 5.17. The van der Waals surface area contributed by atoms with Gasteiger partial charge in [0.05, 0.1) is 23.1 Å². The molecule has 5 aromatic rings. The van der Waals surface area contributed by atoms with E-state index in [4.69, 9.17) is 9.47 Å². The molecule has 214 valence electrons. The fourth-order valence-corrected chi connectivity index (χ4v) is 5.17. The van der Waals surface area contributed by atoms with Crippen molar-refractivity contribution in [1.29, 1.82) is 0 Å². The second kappa shape index (κ2) is 13.7. The van der Waals surface area contributed by atoms with Crippen LogP contribution in [0, 0.1) is 0 Å². The minimum Gasteiger partial charge on any atom is -0.488 e. The van der Waals surface area contributed by atoms with E-state index < -0.39 is 5.97 Å². The Morgan fingerprint density at radius 3 is 2.02 bits per heavy atom. The summed E-state index contributed by atoms with van der Waals surface area (Å²) < 4.78 is 13.9. The van der Waals surface area contributed by atoms with Crippen molar-refractivity contribution >= 4 is 22.8 Å². The summed E-state index contributed by atoms with van der Waals surface area (Å²) in [6.07, 6.45) is 1.22. The van der Waals surface area contributed by atoms with Gasteiger partial charge in [0.1, 0.15) is 18.9 Å². The summed E-state index contributed by atoms with van der Waals surface area (Å²) in [4.78, 5) is 29.0. The third-order valence-electron chi connectivity index (χ3n) is 7.39. The maximum atomic E-state index is 13.6. The molecule has 6 heteroatoms. The first kappa shape index (κ1) is 28.7. The van der Waals surface area contributed by atoms with Crippen LogP contribution in [-0.4, -0.2) is 41.5 Å². The van der Waals surface area contributed by atoms with E-state index in [2.05, 4.69) is 12.1 Å². The van der Waals surface area contributed by atoms with E-state index in [1.54, 1.807) is 11.8 Å². The summed E-state index contributed by atoms with van der Waals surface area (Å²) in [6, 6.07) is 35.7. The van der Waals surface area contributed by atoms with Crippen LogP contribution in [0.1, 0.15) is 39.7 Å². The molecule has 0 aliphatic carbocycles. The number of carbonyl (C=O) groups excluding carboxylic acids is 2. The first-order valence-electron chi connectivity index (χ1n) is 14.3. The van der Waals surface area contributed by atoms with E-state index in [0.717, 1.165) is 28.8 Å². The van der Waals surface area contributed by atoms with Gasteiger partial charge >= 0.3 is 5.97 Å². The van der Waals surface area contributed by atoms with E-state index >= 15 is 0 Å². The fraction of sp³-hybridized carbons (Fsp3) is 0.222. The van der Waals surface area contributed by atoms with Gasteiger partial charge in [-0.3, -0.25) is 4.79 Å². The highest BCUT2D eigenvalue weighted by Crippen LogP contribution is 2.36. The first-order chi connectivity index (χ1) is 20.5. The standard InChI is InChI=1S/C36H36N2O4/c1-3-41-36(40)35-31(24-28-16-9-5-10-17-28)38(25-33(39)37(2)23-22-27-14-7-4-8-15-27)30-20-13-21-32(34(30)35)42-26-29-18-11-6-12-19-29/h4-21H,3,22-26H2,1-2H3. The van der Waals surface area contributed by atoms with E-state index in [1.165, 1.54) is 5.56 Å². The van der Waals surface area contributed by atoms with E-state index in [9.17, 15) is 9.59 Å². The van der Waals surface area contributed by atoms with Crippen LogP contribution in [0.3, 0.4) is 0 Å². The highest BCUT2D eigenvalue weighted by atomic mass is 16.5. The number of ether oxygens (including phenoxy) is 2. The summed E-state index contributed by atoms with van der Waals surface area (Å²) in [5, 5.41) is 0.664. The van der Waals surface area contributed by atoms with Crippen LogP contribution in [0.2, 0.25) is 0 Å². The molecule has 0 spiro atoms. The molecule has 0 bridgehead atoms. The molecule has 42 heavy (non-hydrogen) atoms. The van der Waals surface area contributed by atoms with E-state index in [0.29, 0.717) is 36.3 Å². The van der Waals surface area contributed by atoms with Crippen LogP contribution in [-0.2, 0) is 35.5 Å². The molecule has 0 saturated carbocycles. The van der Waals surface area contributed by atoms with Crippen molar-refractivity contribution in [3.05, 3.63) is 137 Å². The van der Waals surface area contributed by atoms with Gasteiger partial charge in [-0.15, -0.1) is 0 Å². The number of amides is 1. The zero-order valence-electron chi connectivity index (χ0n) is 24.2. The molecule has 6 nitrogen and oxygen atoms in total. The highest BCUT2D eigenvalue weighted by Gasteiger charge is 2.28. The number of rotatable bonds is 12. The van der Waals surface area contributed by atoms with Gasteiger partial charge in [-0.2, -0.15) is 0 Å². The number of nitrogens with zero attached hydrogens (tertiary/aromatic N) is 2. The minimum atomic E-state index is -0.423. The van der Waals surface area contributed by atoms with Crippen molar-refractivity contribution in [2.75, 3.05) is 20.2 Å². The number of benzene rings is 4. The third-order valence-corrected chi connectivity index (χ3v) is 7.39. The second-order valence-electron chi connectivity index (χ2n) is 10.3. The zero-order chi connectivity index (χ0) is 29.3. The topological polar surface area (TPSA) is 60.8 Å². The summed E-state index contributed by atoms with van der Waals surface area (Å²) in [7, 11) is 1.83. The smallest absolute Gasteiger partial charge is 0.340 e. The largest absolute Gasteiger partial charge is 0.488 e. The SMILES string of the molecule is CCOC(=O)c1c(Cc2ccccc2)n(CC(=O)N(C)CCc2ccccc2)c2cccc(OCc3ccccc3)c12. The van der Waals surface area contributed by atoms with Gasteiger partial charge in [-0.1, -0.05) is 97.1 Å². The van der Waals surface area contributed by atoms with Gasteiger partial charge in [-0.25, -0.2) is 4.79 Å². The van der Waals surface area contributed by atoms with Crippen molar-refractivity contribution in [3.8, 4) is 5.75 Å². The number of esters is 1. The molecule has 0 unspecified atom stereocenters. The van der Waals surface area contributed by atoms with E-state index in [1.807, 2.05) is 109 Å². The average Bonchev–Trinajstić information content (AvgIpc) is 3.33. The maximum Gasteiger partial charge on any atom is 0.340 e. The number of carbonyl (C=O) groups is 2. The molecular weight excluding hydrogens is 524 g/mol. The van der Waals surface area contributed by atoms with Gasteiger partial charge in [-0.05, 0) is 42.2 Å². The molecule has 0 saturated heterocycles. The molecule has 0 aliphatic rings. The zero-order valence-corrected chi connectivity index (χ0v) is 24.2. The maximum absolute atomic E-state index is 13.6. The third kappa shape index (κ3) is 6.72. The van der Waals surface area contributed by atoms with Crippen LogP contribution in [0.15, 0.2) is 109 Å². The fourth-order valence-electron chi connectivity index (χ4n) is 5.17. The lowest BCUT2D eigenvalue weighted by atomic mass is 10.0. The Balaban J connectivity index is 1.56. The minimum absolute atomic E-state index is 0.0387. The molecule has 0 N–H and O–H groups in total. The molecule has 0 radical (unpaired) electrons. The van der Waals surface area contributed by atoms with Gasteiger partial charge in [0.2, 0.25) is 5.91 Å². The van der Waals surface area contributed by atoms with Gasteiger partial charge in [0, 0.05) is 25.7 Å². The number of hydrogen-bond acceptors (Lipinski definition) is 4. The first-order valence-corrected chi connectivity index (χ1v) is 14.3. The van der Waals surface area contributed by atoms with Crippen molar-refractivity contribution in [2.24, 2.45) is 0 Å². The normalized spacial score (nSPS) is 10.9. The molecule has 1 amide bonds. The Labute approximate surface area is 247 Å². The lowest BCUT2D eigenvalue weighted by Crippen LogP contribution is -2.32. The van der Waals surface area contributed by atoms with Crippen LogP contribution in [0.25, 0.3) is 10.9 Å². The lowest BCUT2D eigenvalue weighted by molar-refractivity contribution is -0.130. The van der Waals surface area contributed by atoms with E-state index in [-0.39, 0.29) is 19.1 Å². The summed E-state index contributed by atoms with van der Waals surface area (Å²) >= 11 is 0. The number of fused-ring (bicyclic) bond motifs is 1. The van der Waals surface area contributed by atoms with Crippen molar-refractivity contribution < 1.29 is 19.1 Å². The Morgan fingerprint density at radius 1 is 0.762 bits per heavy atom. The molecule has 0 atom stereocenters. The number of likely N-dealkylation sites (N-methyl/N-ethyl adjacent to an activating group) is 1. The van der Waals surface area contributed by atoms with Crippen molar-refractivity contribution in [2.45, 2.75) is 32.9 Å². The van der Waals surface area contributed by atoms with Crippen molar-refractivity contribution in [3.63, 3.8) is 0 Å². The summed E-state index contributed by atoms with van der Waals surface area (Å²) in [6.45, 7) is 3.07. The van der Waals surface area contributed by atoms with Crippen LogP contribution < -0.4 is 4.74 Å². The molecule has 0 aliphatic heterocycles. The number of hydrogen-bond donors (Lipinski definition) is 0. The number of aromatic nitrogens is 1.